The second-order valence-electron chi connectivity index (χ2n) is 15.9. The Hall–Kier alpha value is -2.19. The lowest BCUT2D eigenvalue weighted by Crippen LogP contribution is -2.64. The van der Waals surface area contributed by atoms with Crippen molar-refractivity contribution in [2.45, 2.75) is 217 Å². The van der Waals surface area contributed by atoms with Gasteiger partial charge in [0, 0.05) is 12.8 Å². The maximum Gasteiger partial charge on any atom is 0.472 e. The summed E-state index contributed by atoms with van der Waals surface area (Å²) in [5.74, 6) is -1.19. The van der Waals surface area contributed by atoms with Crippen LogP contribution in [0.25, 0.3) is 0 Å². The molecule has 348 valence electrons. The third-order valence-electron chi connectivity index (χ3n) is 10.4. The molecule has 1 rings (SSSR count). The summed E-state index contributed by atoms with van der Waals surface area (Å²) in [4.78, 5) is 35.6. The number of unbranched alkanes of at least 4 members (excludes halogenated alkanes) is 17. The Morgan fingerprint density at radius 3 is 1.43 bits per heavy atom. The van der Waals surface area contributed by atoms with E-state index < -0.39 is 75.7 Å². The molecule has 0 aliphatic heterocycles. The lowest BCUT2D eigenvalue weighted by molar-refractivity contribution is -0.220. The summed E-state index contributed by atoms with van der Waals surface area (Å²) in [7, 11) is -5.13. The third kappa shape index (κ3) is 28.4. The van der Waals surface area contributed by atoms with Gasteiger partial charge in [-0.15, -0.1) is 0 Å². The van der Waals surface area contributed by atoms with Crippen molar-refractivity contribution < 1.29 is 63.1 Å². The molecule has 1 saturated carbocycles. The second-order valence-corrected chi connectivity index (χ2v) is 17.3. The summed E-state index contributed by atoms with van der Waals surface area (Å²) >= 11 is 0. The van der Waals surface area contributed by atoms with E-state index in [1.54, 1.807) is 0 Å². The molecule has 60 heavy (non-hydrogen) atoms. The van der Waals surface area contributed by atoms with Crippen molar-refractivity contribution in [2.24, 2.45) is 0 Å². The van der Waals surface area contributed by atoms with Gasteiger partial charge in [-0.1, -0.05) is 165 Å². The van der Waals surface area contributed by atoms with Crippen LogP contribution in [0, 0.1) is 0 Å². The molecule has 0 bridgehead atoms. The molecule has 0 saturated heterocycles. The molecule has 1 fully saturated rings. The van der Waals surface area contributed by atoms with Crippen molar-refractivity contribution in [3.05, 3.63) is 48.6 Å². The van der Waals surface area contributed by atoms with Crippen molar-refractivity contribution in [3.8, 4) is 0 Å². The number of hydrogen-bond acceptors (Lipinski definition) is 12. The van der Waals surface area contributed by atoms with Gasteiger partial charge in [-0.3, -0.25) is 18.6 Å². The molecule has 8 atom stereocenters. The van der Waals surface area contributed by atoms with Crippen LogP contribution in [0.5, 0.6) is 0 Å². The first-order valence-corrected chi connectivity index (χ1v) is 24.4. The number of carbonyl (C=O) groups excluding carboxylic acids is 2. The molecule has 0 aromatic carbocycles. The molecule has 4 unspecified atom stereocenters. The highest BCUT2D eigenvalue weighted by Crippen LogP contribution is 2.47. The van der Waals surface area contributed by atoms with Gasteiger partial charge in [0.05, 0.1) is 6.61 Å². The predicted octanol–water partition coefficient (Wildman–Crippen LogP) is 8.78. The Morgan fingerprint density at radius 2 is 0.933 bits per heavy atom. The molecular formula is C46H81O13P. The van der Waals surface area contributed by atoms with Crippen LogP contribution in [-0.4, -0.2) is 98.3 Å². The van der Waals surface area contributed by atoms with Crippen molar-refractivity contribution in [3.63, 3.8) is 0 Å². The first-order valence-electron chi connectivity index (χ1n) is 22.9. The summed E-state index contributed by atoms with van der Waals surface area (Å²) in [6, 6.07) is 0. The standard InChI is InChI=1S/C46H81O13P/c1-3-5-7-9-11-13-15-17-19-20-21-23-25-27-29-31-33-35-40(48)58-38(37-57-60(54,55)59-46-44(52)42(50)41(49)43(51)45(46)53)36-56-39(47)34-32-30-28-26-24-22-18-16-14-12-10-8-6-4-2/h13,15,19-20,23,25,29,31,38,41-46,49-53H,3-12,14,16-18,21-22,24,26-28,30,32-37H2,1-2H3,(H,54,55)/b15-13-,20-19-,25-23-,31-29-/t38?,41?,42-,43+,44-,45-,46?/m1/s1. The summed E-state index contributed by atoms with van der Waals surface area (Å²) in [5, 5.41) is 50.1. The lowest BCUT2D eigenvalue weighted by Gasteiger charge is -2.41. The zero-order valence-electron chi connectivity index (χ0n) is 36.7. The summed E-state index contributed by atoms with van der Waals surface area (Å²) < 4.78 is 33.4. The van der Waals surface area contributed by atoms with Crippen LogP contribution in [0.2, 0.25) is 0 Å². The number of aliphatic hydroxyl groups is 5. The van der Waals surface area contributed by atoms with Gasteiger partial charge < -0.3 is 39.9 Å². The van der Waals surface area contributed by atoms with Gasteiger partial charge in [0.2, 0.25) is 0 Å². The molecule has 13 nitrogen and oxygen atoms in total. The summed E-state index contributed by atoms with van der Waals surface area (Å²) in [6.07, 6.45) is 28.9. The average Bonchev–Trinajstić information content (AvgIpc) is 3.23. The number of ether oxygens (including phenoxy) is 2. The average molecular weight is 873 g/mol. The van der Waals surface area contributed by atoms with Gasteiger partial charge in [-0.05, 0) is 44.9 Å². The van der Waals surface area contributed by atoms with Crippen LogP contribution in [-0.2, 0) is 32.7 Å². The van der Waals surface area contributed by atoms with Crippen LogP contribution >= 0.6 is 7.82 Å². The van der Waals surface area contributed by atoms with E-state index in [0.29, 0.717) is 19.3 Å². The number of hydrogen-bond donors (Lipinski definition) is 6. The van der Waals surface area contributed by atoms with Crippen molar-refractivity contribution in [1.29, 1.82) is 0 Å². The Labute approximate surface area is 360 Å². The Balaban J connectivity index is 2.52. The van der Waals surface area contributed by atoms with Crippen LogP contribution in [0.1, 0.15) is 174 Å². The van der Waals surface area contributed by atoms with E-state index >= 15 is 0 Å². The monoisotopic (exact) mass is 873 g/mol. The molecule has 1 aliphatic rings. The Kier molecular flexibility index (Phi) is 33.8. The number of aliphatic hydroxyl groups excluding tert-OH is 5. The van der Waals surface area contributed by atoms with Crippen molar-refractivity contribution in [2.75, 3.05) is 13.2 Å². The van der Waals surface area contributed by atoms with E-state index in [1.165, 1.54) is 89.9 Å². The predicted molar refractivity (Wildman–Crippen MR) is 235 cm³/mol. The fraction of sp³-hybridized carbons (Fsp3) is 0.783. The number of phosphoric ester groups is 1. The molecule has 1 aliphatic carbocycles. The zero-order chi connectivity index (χ0) is 44.3. The molecule has 0 radical (unpaired) electrons. The molecular weight excluding hydrogens is 791 g/mol. The number of carbonyl (C=O) groups is 2. The van der Waals surface area contributed by atoms with E-state index in [9.17, 15) is 44.6 Å². The quantitative estimate of drug-likeness (QED) is 0.0149. The lowest BCUT2D eigenvalue weighted by atomic mass is 9.85. The van der Waals surface area contributed by atoms with Crippen LogP contribution in [0.15, 0.2) is 48.6 Å². The fourth-order valence-electron chi connectivity index (χ4n) is 6.70. The summed E-state index contributed by atoms with van der Waals surface area (Å²) in [5.41, 5.74) is 0. The Morgan fingerprint density at radius 1 is 0.517 bits per heavy atom. The first kappa shape index (κ1) is 55.8. The van der Waals surface area contributed by atoms with Gasteiger partial charge in [0.25, 0.3) is 0 Å². The molecule has 14 heteroatoms. The van der Waals surface area contributed by atoms with E-state index in [1.807, 2.05) is 18.2 Å². The minimum atomic E-state index is -5.13. The van der Waals surface area contributed by atoms with Gasteiger partial charge in [0.15, 0.2) is 6.10 Å². The molecule has 0 aromatic heterocycles. The Bertz CT molecular complexity index is 1240. The van der Waals surface area contributed by atoms with E-state index in [2.05, 4.69) is 44.2 Å². The van der Waals surface area contributed by atoms with Crippen molar-refractivity contribution in [1.82, 2.24) is 0 Å². The van der Waals surface area contributed by atoms with Crippen LogP contribution in [0.3, 0.4) is 0 Å². The zero-order valence-corrected chi connectivity index (χ0v) is 37.6. The maximum atomic E-state index is 12.8. The normalized spacial score (nSPS) is 22.6. The van der Waals surface area contributed by atoms with E-state index in [0.717, 1.165) is 38.5 Å². The van der Waals surface area contributed by atoms with E-state index in [4.69, 9.17) is 18.5 Å². The number of allylic oxidation sites excluding steroid dienone is 8. The number of esters is 2. The molecule has 0 amide bonds. The number of phosphoric acid groups is 1. The summed E-state index contributed by atoms with van der Waals surface area (Å²) in [6.45, 7) is 3.22. The topological polar surface area (TPSA) is 210 Å². The van der Waals surface area contributed by atoms with Crippen molar-refractivity contribution >= 4 is 19.8 Å². The molecule has 0 spiro atoms. The third-order valence-corrected chi connectivity index (χ3v) is 11.4. The van der Waals surface area contributed by atoms with Gasteiger partial charge in [0.1, 0.15) is 43.2 Å². The molecule has 0 aromatic rings. The minimum absolute atomic E-state index is 0.0234. The van der Waals surface area contributed by atoms with Gasteiger partial charge in [-0.2, -0.15) is 0 Å². The highest BCUT2D eigenvalue weighted by molar-refractivity contribution is 7.47. The van der Waals surface area contributed by atoms with Gasteiger partial charge in [-0.25, -0.2) is 4.57 Å². The van der Waals surface area contributed by atoms with E-state index in [-0.39, 0.29) is 12.8 Å². The number of rotatable bonds is 37. The maximum absolute atomic E-state index is 12.8. The van der Waals surface area contributed by atoms with Crippen LogP contribution < -0.4 is 0 Å². The minimum Gasteiger partial charge on any atom is -0.462 e. The molecule has 6 N–H and O–H groups in total. The highest BCUT2D eigenvalue weighted by Gasteiger charge is 2.51. The van der Waals surface area contributed by atoms with Crippen LogP contribution in [0.4, 0.5) is 0 Å². The second kappa shape index (κ2) is 36.3. The van der Waals surface area contributed by atoms with Gasteiger partial charge >= 0.3 is 19.8 Å². The fourth-order valence-corrected chi connectivity index (χ4v) is 7.68. The smallest absolute Gasteiger partial charge is 0.462 e. The first-order chi connectivity index (χ1) is 28.9. The highest BCUT2D eigenvalue weighted by atomic mass is 31.2. The molecule has 0 heterocycles. The SMILES string of the molecule is CCCCCC/C=C\C/C=C\C/C=C\C/C=C\CCC(=O)OC(COC(=O)CCCCCCCCCCCCCCCC)COP(=O)(O)OC1[C@H](O)[C@H](O)C(O)[C@H](O)[C@H]1O. The largest absolute Gasteiger partial charge is 0.472 e.